The van der Waals surface area contributed by atoms with Gasteiger partial charge in [0.2, 0.25) is 0 Å². The second-order valence-corrected chi connectivity index (χ2v) is 6.01. The first kappa shape index (κ1) is 17.8. The van der Waals surface area contributed by atoms with E-state index in [1.165, 1.54) is 0 Å². The Morgan fingerprint density at radius 2 is 1.73 bits per heavy atom. The van der Waals surface area contributed by atoms with Gasteiger partial charge in [0.05, 0.1) is 12.1 Å². The highest BCUT2D eigenvalue weighted by Crippen LogP contribution is 2.27. The molecule has 0 aliphatic rings. The van der Waals surface area contributed by atoms with Crippen LogP contribution >= 0.6 is 11.6 Å². The minimum Gasteiger partial charge on any atom is -0.495 e. The number of rotatable bonds is 6. The highest BCUT2D eigenvalue weighted by molar-refractivity contribution is 6.32. The second-order valence-electron chi connectivity index (χ2n) is 5.60. The van der Waals surface area contributed by atoms with Crippen LogP contribution in [0.25, 0.3) is 0 Å². The smallest absolute Gasteiger partial charge is 0.255 e. The van der Waals surface area contributed by atoms with Gasteiger partial charge in [-0.1, -0.05) is 41.9 Å². The van der Waals surface area contributed by atoms with Crippen molar-refractivity contribution >= 4 is 23.2 Å². The molecule has 1 N–H and O–H groups in total. The Morgan fingerprint density at radius 3 is 2.38 bits per heavy atom. The van der Waals surface area contributed by atoms with Crippen molar-refractivity contribution in [3.05, 3.63) is 88.9 Å². The maximum Gasteiger partial charge on any atom is 0.255 e. The standard InChI is InChI=1S/C21H18ClNO3/c1-25-20-12-9-17(13-19(20)22)23-21(24)16-7-10-18(11-8-16)26-14-15-5-3-2-4-6-15/h2-13H,14H2,1H3,(H,23,24). The topological polar surface area (TPSA) is 47.6 Å². The number of carbonyl (C=O) groups excluding carboxylic acids is 1. The zero-order chi connectivity index (χ0) is 18.4. The molecule has 0 radical (unpaired) electrons. The summed E-state index contributed by atoms with van der Waals surface area (Å²) in [4.78, 5) is 12.3. The van der Waals surface area contributed by atoms with Crippen LogP contribution in [0.2, 0.25) is 5.02 Å². The molecule has 0 unspecified atom stereocenters. The fraction of sp³-hybridized carbons (Fsp3) is 0.0952. The second kappa shape index (κ2) is 8.41. The van der Waals surface area contributed by atoms with Gasteiger partial charge in [0, 0.05) is 11.3 Å². The van der Waals surface area contributed by atoms with E-state index in [-0.39, 0.29) is 5.91 Å². The summed E-state index contributed by atoms with van der Waals surface area (Å²) in [7, 11) is 1.54. The number of nitrogens with one attached hydrogen (secondary N) is 1. The number of halogens is 1. The molecule has 0 bridgehead atoms. The molecule has 26 heavy (non-hydrogen) atoms. The molecule has 3 aromatic rings. The third kappa shape index (κ3) is 4.55. The van der Waals surface area contributed by atoms with Crippen LogP contribution < -0.4 is 14.8 Å². The molecule has 1 amide bonds. The van der Waals surface area contributed by atoms with E-state index < -0.39 is 0 Å². The van der Waals surface area contributed by atoms with Crippen molar-refractivity contribution in [2.24, 2.45) is 0 Å². The van der Waals surface area contributed by atoms with Gasteiger partial charge in [0.25, 0.3) is 5.91 Å². The molecule has 0 saturated carbocycles. The molecule has 0 atom stereocenters. The first-order valence-electron chi connectivity index (χ1n) is 8.07. The Kier molecular flexibility index (Phi) is 5.77. The lowest BCUT2D eigenvalue weighted by Gasteiger charge is -2.09. The third-order valence-electron chi connectivity index (χ3n) is 3.77. The molecule has 4 nitrogen and oxygen atoms in total. The van der Waals surface area contributed by atoms with E-state index in [9.17, 15) is 4.79 Å². The fourth-order valence-electron chi connectivity index (χ4n) is 2.39. The number of benzene rings is 3. The summed E-state index contributed by atoms with van der Waals surface area (Å²) in [6.07, 6.45) is 0. The van der Waals surface area contributed by atoms with Gasteiger partial charge in [-0.05, 0) is 48.0 Å². The molecule has 3 aromatic carbocycles. The first-order valence-corrected chi connectivity index (χ1v) is 8.45. The van der Waals surface area contributed by atoms with Crippen molar-refractivity contribution in [1.29, 1.82) is 0 Å². The van der Waals surface area contributed by atoms with E-state index in [0.29, 0.717) is 34.4 Å². The van der Waals surface area contributed by atoms with Crippen LogP contribution in [-0.2, 0) is 6.61 Å². The molecule has 0 heterocycles. The molecular weight excluding hydrogens is 350 g/mol. The fourth-order valence-corrected chi connectivity index (χ4v) is 2.65. The highest BCUT2D eigenvalue weighted by Gasteiger charge is 2.08. The van der Waals surface area contributed by atoms with Gasteiger partial charge in [0.1, 0.15) is 18.1 Å². The van der Waals surface area contributed by atoms with Gasteiger partial charge in [0.15, 0.2) is 0 Å². The van der Waals surface area contributed by atoms with Crippen LogP contribution in [0.3, 0.4) is 0 Å². The number of methoxy groups -OCH3 is 1. The van der Waals surface area contributed by atoms with Gasteiger partial charge in [-0.2, -0.15) is 0 Å². The Balaban J connectivity index is 1.60. The Hall–Kier alpha value is -2.98. The Bertz CT molecular complexity index is 880. The molecule has 0 fully saturated rings. The number of hydrogen-bond acceptors (Lipinski definition) is 3. The van der Waals surface area contributed by atoms with E-state index >= 15 is 0 Å². The van der Waals surface area contributed by atoms with E-state index in [4.69, 9.17) is 21.1 Å². The predicted octanol–water partition coefficient (Wildman–Crippen LogP) is 5.18. The molecule has 132 valence electrons. The molecule has 0 spiro atoms. The lowest BCUT2D eigenvalue weighted by molar-refractivity contribution is 0.102. The summed E-state index contributed by atoms with van der Waals surface area (Å²) in [5.41, 5.74) is 2.22. The minimum absolute atomic E-state index is 0.221. The maximum absolute atomic E-state index is 12.3. The van der Waals surface area contributed by atoms with Crippen LogP contribution in [0.4, 0.5) is 5.69 Å². The van der Waals surface area contributed by atoms with E-state index in [2.05, 4.69) is 5.32 Å². The molecule has 3 rings (SSSR count). The largest absolute Gasteiger partial charge is 0.495 e. The van der Waals surface area contributed by atoms with Crippen molar-refractivity contribution in [2.45, 2.75) is 6.61 Å². The van der Waals surface area contributed by atoms with Crippen LogP contribution in [0.1, 0.15) is 15.9 Å². The van der Waals surface area contributed by atoms with Crippen molar-refractivity contribution < 1.29 is 14.3 Å². The van der Waals surface area contributed by atoms with Crippen LogP contribution in [0, 0.1) is 0 Å². The van der Waals surface area contributed by atoms with E-state index in [0.717, 1.165) is 5.56 Å². The summed E-state index contributed by atoms with van der Waals surface area (Å²) in [6, 6.07) is 22.0. The molecule has 0 aliphatic heterocycles. The number of hydrogen-bond donors (Lipinski definition) is 1. The van der Waals surface area contributed by atoms with Crippen LogP contribution in [-0.4, -0.2) is 13.0 Å². The minimum atomic E-state index is -0.221. The molecular formula is C21H18ClNO3. The third-order valence-corrected chi connectivity index (χ3v) is 4.07. The average molecular weight is 368 g/mol. The summed E-state index contributed by atoms with van der Waals surface area (Å²) >= 11 is 6.07. The van der Waals surface area contributed by atoms with Gasteiger partial charge in [-0.15, -0.1) is 0 Å². The monoisotopic (exact) mass is 367 g/mol. The Labute approximate surface area is 157 Å². The van der Waals surface area contributed by atoms with Crippen molar-refractivity contribution in [1.82, 2.24) is 0 Å². The number of anilines is 1. The van der Waals surface area contributed by atoms with E-state index in [1.807, 2.05) is 30.3 Å². The average Bonchev–Trinajstić information content (AvgIpc) is 2.68. The quantitative estimate of drug-likeness (QED) is 0.653. The molecule has 0 aromatic heterocycles. The van der Waals surface area contributed by atoms with Crippen molar-refractivity contribution in [2.75, 3.05) is 12.4 Å². The van der Waals surface area contributed by atoms with Gasteiger partial charge < -0.3 is 14.8 Å². The van der Waals surface area contributed by atoms with Crippen molar-refractivity contribution in [3.63, 3.8) is 0 Å². The van der Waals surface area contributed by atoms with Crippen LogP contribution in [0.15, 0.2) is 72.8 Å². The summed E-state index contributed by atoms with van der Waals surface area (Å²) in [5.74, 6) is 1.04. The SMILES string of the molecule is COc1ccc(NC(=O)c2ccc(OCc3ccccc3)cc2)cc1Cl. The van der Waals surface area contributed by atoms with Gasteiger partial charge in [-0.3, -0.25) is 4.79 Å². The van der Waals surface area contributed by atoms with Crippen molar-refractivity contribution in [3.8, 4) is 11.5 Å². The van der Waals surface area contributed by atoms with Gasteiger partial charge in [-0.25, -0.2) is 0 Å². The molecule has 0 aliphatic carbocycles. The van der Waals surface area contributed by atoms with Crippen LogP contribution in [0.5, 0.6) is 11.5 Å². The predicted molar refractivity (Wildman–Crippen MR) is 103 cm³/mol. The van der Waals surface area contributed by atoms with Gasteiger partial charge >= 0.3 is 0 Å². The maximum atomic E-state index is 12.3. The lowest BCUT2D eigenvalue weighted by Crippen LogP contribution is -2.11. The number of amides is 1. The van der Waals surface area contributed by atoms with E-state index in [1.54, 1.807) is 49.6 Å². The summed E-state index contributed by atoms with van der Waals surface area (Å²) < 4.78 is 10.8. The summed E-state index contributed by atoms with van der Waals surface area (Å²) in [6.45, 7) is 0.483. The zero-order valence-electron chi connectivity index (χ0n) is 14.2. The molecule has 5 heteroatoms. The summed E-state index contributed by atoms with van der Waals surface area (Å²) in [5, 5.41) is 3.25. The number of ether oxygens (including phenoxy) is 2. The Morgan fingerprint density at radius 1 is 1.00 bits per heavy atom. The highest BCUT2D eigenvalue weighted by atomic mass is 35.5. The number of carbonyl (C=O) groups is 1. The zero-order valence-corrected chi connectivity index (χ0v) is 15.0. The molecule has 0 saturated heterocycles. The first-order chi connectivity index (χ1) is 12.7. The lowest BCUT2D eigenvalue weighted by atomic mass is 10.2. The normalized spacial score (nSPS) is 10.2.